The maximum atomic E-state index is 13.0. The van der Waals surface area contributed by atoms with Gasteiger partial charge in [0.1, 0.15) is 17.7 Å². The highest BCUT2D eigenvalue weighted by molar-refractivity contribution is 5.97. The Morgan fingerprint density at radius 2 is 2.33 bits per heavy atom. The summed E-state index contributed by atoms with van der Waals surface area (Å²) >= 11 is 0. The molecular weight excluding hydrogens is 310 g/mol. The average Bonchev–Trinajstić information content (AvgIpc) is 3.30. The van der Waals surface area contributed by atoms with Crippen molar-refractivity contribution in [3.63, 3.8) is 0 Å². The molecule has 2 aromatic heterocycles. The van der Waals surface area contributed by atoms with Gasteiger partial charge in [0, 0.05) is 32.6 Å². The highest BCUT2D eigenvalue weighted by Gasteiger charge is 2.38. The van der Waals surface area contributed by atoms with Crippen molar-refractivity contribution in [3.8, 4) is 0 Å². The van der Waals surface area contributed by atoms with Gasteiger partial charge in [0.25, 0.3) is 5.91 Å². The van der Waals surface area contributed by atoms with Crippen molar-refractivity contribution in [2.45, 2.75) is 25.5 Å². The fraction of sp³-hybridized carbons (Fsp3) is 0.375. The van der Waals surface area contributed by atoms with Crippen LogP contribution in [0.15, 0.2) is 28.9 Å². The second-order valence-electron chi connectivity index (χ2n) is 5.85. The number of fused-ring (bicyclic) bond motifs is 1. The molecule has 0 saturated carbocycles. The molecule has 0 radical (unpaired) electrons. The van der Waals surface area contributed by atoms with Gasteiger partial charge < -0.3 is 14.1 Å². The lowest BCUT2D eigenvalue weighted by molar-refractivity contribution is 0.0684. The van der Waals surface area contributed by atoms with Gasteiger partial charge in [-0.2, -0.15) is 5.10 Å². The molecule has 8 nitrogen and oxygen atoms in total. The summed E-state index contributed by atoms with van der Waals surface area (Å²) in [6, 6.07) is 5.11. The first kappa shape index (κ1) is 14.8. The molecule has 3 aromatic rings. The molecule has 0 aliphatic carbocycles. The molecule has 0 bridgehead atoms. The Morgan fingerprint density at radius 3 is 3.08 bits per heavy atom. The maximum Gasteiger partial charge on any atom is 0.254 e. The number of hydrogen-bond donors (Lipinski definition) is 1. The number of hydrogen-bond acceptors (Lipinski definition) is 6. The van der Waals surface area contributed by atoms with Gasteiger partial charge in [-0.05, 0) is 18.2 Å². The predicted octanol–water partition coefficient (Wildman–Crippen LogP) is 1.86. The van der Waals surface area contributed by atoms with E-state index in [-0.39, 0.29) is 18.1 Å². The number of benzene rings is 1. The number of carbonyl (C=O) groups excluding carboxylic acids is 1. The Hall–Kier alpha value is -2.74. The highest BCUT2D eigenvalue weighted by atomic mass is 16.5. The molecule has 3 heterocycles. The van der Waals surface area contributed by atoms with Gasteiger partial charge >= 0.3 is 0 Å². The first-order valence-corrected chi connectivity index (χ1v) is 7.72. The normalized spacial score (nSPS) is 20.8. The molecule has 1 aliphatic rings. The number of aryl methyl sites for hydroxylation is 1. The van der Waals surface area contributed by atoms with Crippen LogP contribution in [0.1, 0.15) is 34.5 Å². The first-order valence-electron chi connectivity index (χ1n) is 7.72. The van der Waals surface area contributed by atoms with E-state index >= 15 is 0 Å². The van der Waals surface area contributed by atoms with Crippen LogP contribution in [0, 0.1) is 6.92 Å². The summed E-state index contributed by atoms with van der Waals surface area (Å²) in [5, 5.41) is 6.74. The number of methoxy groups -OCH3 is 1. The van der Waals surface area contributed by atoms with Crippen LogP contribution in [0.25, 0.3) is 11.1 Å². The number of aromatic amines is 1. The van der Waals surface area contributed by atoms with Gasteiger partial charge in [-0.1, -0.05) is 0 Å². The molecule has 1 saturated heterocycles. The Labute approximate surface area is 137 Å². The minimum absolute atomic E-state index is 0.0275. The van der Waals surface area contributed by atoms with E-state index in [0.717, 1.165) is 5.52 Å². The number of carbonyl (C=O) groups is 1. The van der Waals surface area contributed by atoms with E-state index in [9.17, 15) is 4.79 Å². The molecular formula is C16H17N5O3. The summed E-state index contributed by atoms with van der Waals surface area (Å²) in [6.45, 7) is 2.29. The molecule has 1 aromatic carbocycles. The summed E-state index contributed by atoms with van der Waals surface area (Å²) in [6.07, 6.45) is 2.10. The van der Waals surface area contributed by atoms with Gasteiger partial charge in [0.05, 0.1) is 12.1 Å². The molecule has 4 rings (SSSR count). The van der Waals surface area contributed by atoms with E-state index in [4.69, 9.17) is 9.15 Å². The quantitative estimate of drug-likeness (QED) is 0.788. The Bertz CT molecular complexity index is 873. The van der Waals surface area contributed by atoms with E-state index in [1.807, 2.05) is 0 Å². The van der Waals surface area contributed by atoms with E-state index < -0.39 is 0 Å². The third-order valence-electron chi connectivity index (χ3n) is 4.35. The van der Waals surface area contributed by atoms with Gasteiger partial charge in [-0.15, -0.1) is 0 Å². The van der Waals surface area contributed by atoms with Crippen LogP contribution >= 0.6 is 0 Å². The zero-order valence-corrected chi connectivity index (χ0v) is 13.4. The van der Waals surface area contributed by atoms with E-state index in [1.165, 1.54) is 6.33 Å². The third-order valence-corrected chi connectivity index (χ3v) is 4.35. The van der Waals surface area contributed by atoms with Crippen LogP contribution in [0.4, 0.5) is 0 Å². The number of amides is 1. The number of rotatable bonds is 3. The second-order valence-corrected chi connectivity index (χ2v) is 5.85. The van der Waals surface area contributed by atoms with Crippen molar-refractivity contribution in [3.05, 3.63) is 41.8 Å². The Kier molecular flexibility index (Phi) is 3.53. The standard InChI is InChI=1S/C16H17N5O3/c1-9-19-12-4-3-10(5-14(12)24-9)16(22)21-7-11(23-2)6-13(21)15-17-8-18-20-15/h3-5,8,11,13H,6-7H2,1-2H3,(H,17,18,20)/t11-,13+/m1/s1. The summed E-state index contributed by atoms with van der Waals surface area (Å²) in [5.74, 6) is 1.15. The lowest BCUT2D eigenvalue weighted by atomic mass is 10.1. The summed E-state index contributed by atoms with van der Waals surface area (Å²) in [5.41, 5.74) is 1.91. The number of nitrogens with zero attached hydrogens (tertiary/aromatic N) is 4. The monoisotopic (exact) mass is 327 g/mol. The summed E-state index contributed by atoms with van der Waals surface area (Å²) in [7, 11) is 1.65. The number of ether oxygens (including phenoxy) is 1. The number of H-pyrrole nitrogens is 1. The number of aromatic nitrogens is 4. The Balaban J connectivity index is 1.67. The van der Waals surface area contributed by atoms with Crippen molar-refractivity contribution >= 4 is 17.0 Å². The lowest BCUT2D eigenvalue weighted by Crippen LogP contribution is -2.32. The molecule has 1 fully saturated rings. The van der Waals surface area contributed by atoms with Crippen molar-refractivity contribution in [1.29, 1.82) is 0 Å². The largest absolute Gasteiger partial charge is 0.441 e. The molecule has 1 aliphatic heterocycles. The zero-order chi connectivity index (χ0) is 16.7. The van der Waals surface area contributed by atoms with Gasteiger partial charge in [0.15, 0.2) is 11.5 Å². The molecule has 0 spiro atoms. The van der Waals surface area contributed by atoms with Gasteiger partial charge in [-0.25, -0.2) is 9.97 Å². The van der Waals surface area contributed by atoms with Crippen LogP contribution < -0.4 is 0 Å². The summed E-state index contributed by atoms with van der Waals surface area (Å²) in [4.78, 5) is 23.2. The minimum Gasteiger partial charge on any atom is -0.441 e. The molecule has 124 valence electrons. The van der Waals surface area contributed by atoms with Crippen LogP contribution in [0.3, 0.4) is 0 Å². The van der Waals surface area contributed by atoms with Crippen LogP contribution in [-0.2, 0) is 4.74 Å². The molecule has 0 unspecified atom stereocenters. The number of nitrogens with one attached hydrogen (secondary N) is 1. The summed E-state index contributed by atoms with van der Waals surface area (Å²) < 4.78 is 11.0. The fourth-order valence-corrected chi connectivity index (χ4v) is 3.17. The van der Waals surface area contributed by atoms with Gasteiger partial charge in [-0.3, -0.25) is 9.89 Å². The SMILES string of the molecule is CO[C@@H]1C[C@@H](c2ncn[nH]2)N(C(=O)c2ccc3nc(C)oc3c2)C1. The smallest absolute Gasteiger partial charge is 0.254 e. The molecule has 8 heteroatoms. The number of oxazole rings is 1. The van der Waals surface area contributed by atoms with E-state index in [1.54, 1.807) is 37.1 Å². The van der Waals surface area contributed by atoms with Gasteiger partial charge in [0.2, 0.25) is 0 Å². The van der Waals surface area contributed by atoms with Crippen LogP contribution in [-0.4, -0.2) is 50.7 Å². The molecule has 1 amide bonds. The van der Waals surface area contributed by atoms with Crippen molar-refractivity contribution in [2.75, 3.05) is 13.7 Å². The van der Waals surface area contributed by atoms with Crippen molar-refractivity contribution in [2.24, 2.45) is 0 Å². The second kappa shape index (κ2) is 5.72. The Morgan fingerprint density at radius 1 is 1.46 bits per heavy atom. The van der Waals surface area contributed by atoms with Crippen molar-refractivity contribution < 1.29 is 13.9 Å². The van der Waals surface area contributed by atoms with Crippen LogP contribution in [0.5, 0.6) is 0 Å². The first-order chi connectivity index (χ1) is 11.7. The van der Waals surface area contributed by atoms with E-state index in [0.29, 0.717) is 35.8 Å². The minimum atomic E-state index is -0.183. The third kappa shape index (κ3) is 2.44. The maximum absolute atomic E-state index is 13.0. The van der Waals surface area contributed by atoms with Crippen LogP contribution in [0.2, 0.25) is 0 Å². The molecule has 1 N–H and O–H groups in total. The molecule has 2 atom stereocenters. The highest BCUT2D eigenvalue weighted by Crippen LogP contribution is 2.33. The lowest BCUT2D eigenvalue weighted by Gasteiger charge is -2.22. The average molecular weight is 327 g/mol. The zero-order valence-electron chi connectivity index (χ0n) is 13.4. The number of likely N-dealkylation sites (tertiary alicyclic amines) is 1. The fourth-order valence-electron chi connectivity index (χ4n) is 3.17. The van der Waals surface area contributed by atoms with Crippen molar-refractivity contribution in [1.82, 2.24) is 25.1 Å². The van der Waals surface area contributed by atoms with E-state index in [2.05, 4.69) is 20.2 Å². The predicted molar refractivity (Wildman–Crippen MR) is 84.3 cm³/mol. The topological polar surface area (TPSA) is 97.1 Å². The molecule has 24 heavy (non-hydrogen) atoms.